The molecule has 0 saturated heterocycles. The number of carboxylic acids is 1. The molecule has 3 rings (SSSR count). The summed E-state index contributed by atoms with van der Waals surface area (Å²) in [7, 11) is -4.71. The minimum atomic E-state index is -4.71. The van der Waals surface area contributed by atoms with E-state index in [1.807, 2.05) is 37.3 Å². The quantitative estimate of drug-likeness (QED) is 0.191. The van der Waals surface area contributed by atoms with Gasteiger partial charge in [0.1, 0.15) is 16.8 Å². The molecular weight excluding hydrogens is 545 g/mol. The molecule has 0 aliphatic carbocycles. The number of carbonyl (C=O) groups excluding carboxylic acids is 2. The Labute approximate surface area is 229 Å². The van der Waals surface area contributed by atoms with Gasteiger partial charge in [-0.15, -0.1) is 11.3 Å². The summed E-state index contributed by atoms with van der Waals surface area (Å²) in [5, 5.41) is 15.7. The van der Waals surface area contributed by atoms with Crippen LogP contribution in [0.3, 0.4) is 0 Å². The van der Waals surface area contributed by atoms with Gasteiger partial charge in [-0.3, -0.25) is 19.4 Å². The second kappa shape index (κ2) is 13.5. The minimum Gasteiger partial charge on any atom is -0.476 e. The van der Waals surface area contributed by atoms with Crippen molar-refractivity contribution in [3.8, 4) is 5.75 Å². The second-order valence-corrected chi connectivity index (χ2v) is 11.0. The SMILES string of the molecule is CCC(NC(=O)C(Cc1ccc(OP(=O)(O)O)cc1)NC(C)=O)c1nc(C(=O)O)c(CCc2ccccc2)s1. The molecule has 0 radical (unpaired) electrons. The summed E-state index contributed by atoms with van der Waals surface area (Å²) >= 11 is 1.25. The molecule has 0 fully saturated rings. The van der Waals surface area contributed by atoms with Gasteiger partial charge in [-0.2, -0.15) is 0 Å². The van der Waals surface area contributed by atoms with Crippen molar-refractivity contribution < 1.29 is 38.4 Å². The van der Waals surface area contributed by atoms with E-state index < -0.39 is 37.7 Å². The first kappa shape index (κ1) is 30.0. The third kappa shape index (κ3) is 9.29. The van der Waals surface area contributed by atoms with E-state index in [-0.39, 0.29) is 17.9 Å². The predicted molar refractivity (Wildman–Crippen MR) is 145 cm³/mol. The lowest BCUT2D eigenvalue weighted by molar-refractivity contribution is -0.128. The number of rotatable bonds is 13. The molecule has 13 heteroatoms. The smallest absolute Gasteiger partial charge is 0.476 e. The summed E-state index contributed by atoms with van der Waals surface area (Å²) in [4.78, 5) is 59.7. The van der Waals surface area contributed by atoms with Crippen LogP contribution in [0, 0.1) is 0 Å². The molecule has 0 saturated carbocycles. The van der Waals surface area contributed by atoms with Crippen molar-refractivity contribution in [2.75, 3.05) is 0 Å². The highest BCUT2D eigenvalue weighted by molar-refractivity contribution is 7.46. The molecule has 208 valence electrons. The van der Waals surface area contributed by atoms with Crippen molar-refractivity contribution in [3.63, 3.8) is 0 Å². The van der Waals surface area contributed by atoms with Crippen LogP contribution in [0.5, 0.6) is 5.75 Å². The largest absolute Gasteiger partial charge is 0.524 e. The number of hydrogen-bond donors (Lipinski definition) is 5. The zero-order valence-corrected chi connectivity index (χ0v) is 23.1. The maximum absolute atomic E-state index is 13.2. The molecule has 0 spiro atoms. The average molecular weight is 576 g/mol. The normalized spacial score (nSPS) is 12.8. The molecule has 2 atom stereocenters. The van der Waals surface area contributed by atoms with Gasteiger partial charge in [-0.1, -0.05) is 49.4 Å². The maximum Gasteiger partial charge on any atom is 0.524 e. The summed E-state index contributed by atoms with van der Waals surface area (Å²) in [6.07, 6.45) is 1.68. The third-order valence-corrected chi connectivity index (χ3v) is 7.38. The lowest BCUT2D eigenvalue weighted by Gasteiger charge is -2.21. The molecule has 1 aromatic heterocycles. The first-order chi connectivity index (χ1) is 18.4. The molecule has 2 unspecified atom stereocenters. The second-order valence-electron chi connectivity index (χ2n) is 8.77. The summed E-state index contributed by atoms with van der Waals surface area (Å²) in [5.74, 6) is -2.08. The van der Waals surface area contributed by atoms with Gasteiger partial charge in [0.2, 0.25) is 11.8 Å². The van der Waals surface area contributed by atoms with Crippen LogP contribution >= 0.6 is 19.2 Å². The monoisotopic (exact) mass is 575 g/mol. The number of carboxylic acid groups (broad SMARTS) is 1. The van der Waals surface area contributed by atoms with Gasteiger partial charge in [0.25, 0.3) is 0 Å². The number of nitrogens with one attached hydrogen (secondary N) is 2. The first-order valence-electron chi connectivity index (χ1n) is 12.1. The summed E-state index contributed by atoms with van der Waals surface area (Å²) < 4.78 is 15.5. The van der Waals surface area contributed by atoms with Crippen LogP contribution in [0.25, 0.3) is 0 Å². The van der Waals surface area contributed by atoms with Crippen molar-refractivity contribution in [1.82, 2.24) is 15.6 Å². The molecule has 0 aliphatic rings. The van der Waals surface area contributed by atoms with Gasteiger partial charge in [0, 0.05) is 18.2 Å². The molecule has 0 bridgehead atoms. The maximum atomic E-state index is 13.2. The number of aromatic nitrogens is 1. The minimum absolute atomic E-state index is 0.0327. The fourth-order valence-corrected chi connectivity index (χ4v) is 5.47. The summed E-state index contributed by atoms with van der Waals surface area (Å²) in [6.45, 7) is 3.12. The number of phosphoric ester groups is 1. The topological polar surface area (TPSA) is 175 Å². The van der Waals surface area contributed by atoms with E-state index in [1.165, 1.54) is 42.5 Å². The van der Waals surface area contributed by atoms with E-state index in [2.05, 4.69) is 20.1 Å². The van der Waals surface area contributed by atoms with Crippen LogP contribution in [0.2, 0.25) is 0 Å². The van der Waals surface area contributed by atoms with E-state index in [0.29, 0.717) is 34.7 Å². The molecule has 3 aromatic rings. The number of hydrogen-bond acceptors (Lipinski definition) is 7. The Kier molecular flexibility index (Phi) is 10.4. The van der Waals surface area contributed by atoms with E-state index in [0.717, 1.165) is 5.56 Å². The van der Waals surface area contributed by atoms with Crippen LogP contribution in [0.4, 0.5) is 0 Å². The average Bonchev–Trinajstić information content (AvgIpc) is 3.30. The summed E-state index contributed by atoms with van der Waals surface area (Å²) in [6, 6.07) is 13.9. The van der Waals surface area contributed by atoms with Crippen LogP contribution in [0.1, 0.15) is 57.8 Å². The fourth-order valence-electron chi connectivity index (χ4n) is 3.88. The number of thiazole rings is 1. The third-order valence-electron chi connectivity index (χ3n) is 5.70. The lowest BCUT2D eigenvalue weighted by atomic mass is 10.0. The lowest BCUT2D eigenvalue weighted by Crippen LogP contribution is -2.48. The highest BCUT2D eigenvalue weighted by atomic mass is 32.1. The zero-order valence-electron chi connectivity index (χ0n) is 21.4. The Hall–Kier alpha value is -3.57. The predicted octanol–water partition coefficient (Wildman–Crippen LogP) is 3.41. The summed E-state index contributed by atoms with van der Waals surface area (Å²) in [5.41, 5.74) is 1.65. The van der Waals surface area contributed by atoms with Gasteiger partial charge in [-0.05, 0) is 42.5 Å². The molecule has 0 aliphatic heterocycles. The van der Waals surface area contributed by atoms with Crippen molar-refractivity contribution >= 4 is 36.9 Å². The first-order valence-corrected chi connectivity index (χ1v) is 14.5. The van der Waals surface area contributed by atoms with E-state index in [1.54, 1.807) is 0 Å². The molecule has 1 heterocycles. The Morgan fingerprint density at radius 1 is 1.00 bits per heavy atom. The van der Waals surface area contributed by atoms with E-state index >= 15 is 0 Å². The number of aryl methyl sites for hydroxylation is 2. The van der Waals surface area contributed by atoms with Gasteiger partial charge in [0.05, 0.1) is 6.04 Å². The van der Waals surface area contributed by atoms with Crippen LogP contribution in [-0.4, -0.2) is 43.7 Å². The molecule has 39 heavy (non-hydrogen) atoms. The number of nitrogens with zero attached hydrogens (tertiary/aromatic N) is 1. The van der Waals surface area contributed by atoms with Crippen molar-refractivity contribution in [3.05, 3.63) is 81.3 Å². The molecule has 11 nitrogen and oxygen atoms in total. The number of amides is 2. The Balaban J connectivity index is 1.74. The van der Waals surface area contributed by atoms with Gasteiger partial charge < -0.3 is 20.3 Å². The van der Waals surface area contributed by atoms with Gasteiger partial charge in [0.15, 0.2) is 5.69 Å². The Morgan fingerprint density at radius 3 is 2.23 bits per heavy atom. The van der Waals surface area contributed by atoms with Gasteiger partial charge >= 0.3 is 13.8 Å². The van der Waals surface area contributed by atoms with Crippen LogP contribution < -0.4 is 15.2 Å². The van der Waals surface area contributed by atoms with E-state index in [9.17, 15) is 24.1 Å². The molecule has 2 aromatic carbocycles. The van der Waals surface area contributed by atoms with Crippen LogP contribution in [0.15, 0.2) is 54.6 Å². The van der Waals surface area contributed by atoms with Crippen molar-refractivity contribution in [2.45, 2.75) is 51.6 Å². The van der Waals surface area contributed by atoms with Crippen molar-refractivity contribution in [2.24, 2.45) is 0 Å². The van der Waals surface area contributed by atoms with Gasteiger partial charge in [-0.25, -0.2) is 14.3 Å². The standard InChI is InChI=1S/C26H30N3O8PS/c1-3-20(25-29-23(26(32)33)22(39-25)14-11-17-7-5-4-6-8-17)28-24(31)21(27-16(2)30)15-18-9-12-19(13-10-18)37-38(34,35)36/h4-10,12-13,20-21H,3,11,14-15H2,1-2H3,(H,27,30)(H,28,31)(H,32,33)(H2,34,35,36). The molecular formula is C26H30N3O8PS. The van der Waals surface area contributed by atoms with Crippen LogP contribution in [-0.2, 0) is 33.4 Å². The molecule has 2 amide bonds. The zero-order chi connectivity index (χ0) is 28.6. The number of aromatic carboxylic acids is 1. The molecule has 5 N–H and O–H groups in total. The fraction of sp³-hybridized carbons (Fsp3) is 0.308. The Bertz CT molecular complexity index is 1340. The number of benzene rings is 2. The van der Waals surface area contributed by atoms with Crippen molar-refractivity contribution in [1.29, 1.82) is 0 Å². The number of carbonyl (C=O) groups is 3. The van der Waals surface area contributed by atoms with E-state index in [4.69, 9.17) is 9.79 Å². The number of phosphoric acid groups is 1. The Morgan fingerprint density at radius 2 is 1.67 bits per heavy atom. The highest BCUT2D eigenvalue weighted by Crippen LogP contribution is 2.37. The highest BCUT2D eigenvalue weighted by Gasteiger charge is 2.27.